The van der Waals surface area contributed by atoms with Crippen LogP contribution in [-0.4, -0.2) is 51.4 Å². The number of carbonyl (C=O) groups excluding carboxylic acids is 1. The molecule has 1 N–H and O–H groups in total. The van der Waals surface area contributed by atoms with Crippen molar-refractivity contribution in [3.05, 3.63) is 52.6 Å². The zero-order chi connectivity index (χ0) is 19.3. The quantitative estimate of drug-likeness (QED) is 0.721. The average molecular weight is 454 g/mol. The molecule has 0 spiro atoms. The molecule has 1 aliphatic rings. The number of aromatic nitrogens is 1. The second kappa shape index (κ2) is 8.81. The number of anilines is 2. The van der Waals surface area contributed by atoms with Crippen molar-refractivity contribution in [2.75, 3.05) is 42.3 Å². The zero-order valence-corrected chi connectivity index (χ0v) is 17.0. The highest BCUT2D eigenvalue weighted by molar-refractivity contribution is 9.10. The van der Waals surface area contributed by atoms with Crippen molar-refractivity contribution >= 4 is 43.2 Å². The van der Waals surface area contributed by atoms with Gasteiger partial charge in [0.2, 0.25) is 5.91 Å². The number of halogens is 1. The molecular weight excluding hydrogens is 434 g/mol. The van der Waals surface area contributed by atoms with Crippen molar-refractivity contribution in [1.29, 1.82) is 0 Å². The molecule has 27 heavy (non-hydrogen) atoms. The van der Waals surface area contributed by atoms with Crippen LogP contribution in [-0.2, 0) is 25.1 Å². The minimum Gasteiger partial charge on any atom is -0.378 e. The van der Waals surface area contributed by atoms with Crippen LogP contribution in [0.5, 0.6) is 0 Å². The highest BCUT2D eigenvalue weighted by Gasteiger charge is 2.18. The van der Waals surface area contributed by atoms with E-state index in [-0.39, 0.29) is 5.75 Å². The summed E-state index contributed by atoms with van der Waals surface area (Å²) < 4.78 is 30.6. The molecule has 1 fully saturated rings. The molecule has 0 aliphatic carbocycles. The SMILES string of the molecule is O=C(CS(=O)(=O)Cc1cccc(Br)c1)Nc1ccc(N2CCOCC2)nc1. The maximum absolute atomic E-state index is 12.3. The van der Waals surface area contributed by atoms with Crippen LogP contribution >= 0.6 is 15.9 Å². The van der Waals surface area contributed by atoms with E-state index in [9.17, 15) is 13.2 Å². The molecule has 9 heteroatoms. The van der Waals surface area contributed by atoms with E-state index < -0.39 is 21.5 Å². The monoisotopic (exact) mass is 453 g/mol. The fourth-order valence-electron chi connectivity index (χ4n) is 2.77. The summed E-state index contributed by atoms with van der Waals surface area (Å²) in [5, 5.41) is 2.59. The molecule has 1 saturated heterocycles. The Bertz CT molecular complexity index is 897. The lowest BCUT2D eigenvalue weighted by Gasteiger charge is -2.27. The number of rotatable bonds is 6. The lowest BCUT2D eigenvalue weighted by molar-refractivity contribution is -0.113. The summed E-state index contributed by atoms with van der Waals surface area (Å²) in [7, 11) is -3.57. The van der Waals surface area contributed by atoms with Gasteiger partial charge in [0.05, 0.1) is 30.9 Å². The van der Waals surface area contributed by atoms with Gasteiger partial charge in [-0.3, -0.25) is 4.79 Å². The summed E-state index contributed by atoms with van der Waals surface area (Å²) in [6, 6.07) is 10.5. The van der Waals surface area contributed by atoms with E-state index in [4.69, 9.17) is 4.74 Å². The van der Waals surface area contributed by atoms with Gasteiger partial charge in [-0.05, 0) is 29.8 Å². The van der Waals surface area contributed by atoms with Crippen LogP contribution in [0, 0.1) is 0 Å². The minimum atomic E-state index is -3.57. The van der Waals surface area contributed by atoms with Crippen LogP contribution in [0.1, 0.15) is 5.56 Å². The Kier molecular flexibility index (Phi) is 6.46. The van der Waals surface area contributed by atoms with Gasteiger partial charge in [-0.2, -0.15) is 0 Å². The average Bonchev–Trinajstić information content (AvgIpc) is 2.62. The number of nitrogens with zero attached hydrogens (tertiary/aromatic N) is 2. The molecule has 3 rings (SSSR count). The van der Waals surface area contributed by atoms with E-state index in [1.54, 1.807) is 30.3 Å². The molecule has 2 aromatic rings. The van der Waals surface area contributed by atoms with Gasteiger partial charge in [-0.25, -0.2) is 13.4 Å². The third-order valence-corrected chi connectivity index (χ3v) is 5.96. The Morgan fingerprint density at radius 1 is 1.22 bits per heavy atom. The number of ether oxygens (including phenoxy) is 1. The molecule has 2 heterocycles. The largest absolute Gasteiger partial charge is 0.378 e. The van der Waals surface area contributed by atoms with Crippen molar-refractivity contribution in [2.45, 2.75) is 5.75 Å². The Hall–Kier alpha value is -1.97. The summed E-state index contributed by atoms with van der Waals surface area (Å²) in [4.78, 5) is 18.5. The van der Waals surface area contributed by atoms with Crippen molar-refractivity contribution in [3.63, 3.8) is 0 Å². The second-order valence-corrected chi connectivity index (χ2v) is 9.20. The molecule has 1 aliphatic heterocycles. The topological polar surface area (TPSA) is 88.6 Å². The van der Waals surface area contributed by atoms with Gasteiger partial charge in [-0.1, -0.05) is 28.1 Å². The minimum absolute atomic E-state index is 0.186. The number of nitrogens with one attached hydrogen (secondary N) is 1. The van der Waals surface area contributed by atoms with Crippen molar-refractivity contribution in [3.8, 4) is 0 Å². The van der Waals surface area contributed by atoms with E-state index in [1.165, 1.54) is 6.20 Å². The normalized spacial score (nSPS) is 14.8. The number of pyridine rings is 1. The van der Waals surface area contributed by atoms with Crippen molar-refractivity contribution in [1.82, 2.24) is 4.98 Å². The van der Waals surface area contributed by atoms with E-state index in [2.05, 4.69) is 31.1 Å². The third kappa shape index (κ3) is 6.02. The van der Waals surface area contributed by atoms with Crippen LogP contribution in [0.15, 0.2) is 47.1 Å². The van der Waals surface area contributed by atoms with Crippen LogP contribution in [0.3, 0.4) is 0 Å². The van der Waals surface area contributed by atoms with E-state index in [0.29, 0.717) is 24.5 Å². The first-order valence-electron chi connectivity index (χ1n) is 8.45. The van der Waals surface area contributed by atoms with Crippen LogP contribution in [0.4, 0.5) is 11.5 Å². The predicted octanol–water partition coefficient (Wildman–Crippen LogP) is 2.23. The summed E-state index contributed by atoms with van der Waals surface area (Å²) in [5.74, 6) is -0.539. The Labute approximate surface area is 166 Å². The Balaban J connectivity index is 1.56. The lowest BCUT2D eigenvalue weighted by atomic mass is 10.2. The highest BCUT2D eigenvalue weighted by Crippen LogP contribution is 2.17. The fraction of sp³-hybridized carbons (Fsp3) is 0.333. The number of sulfone groups is 1. The van der Waals surface area contributed by atoms with Crippen LogP contribution in [0.25, 0.3) is 0 Å². The fourth-order valence-corrected chi connectivity index (χ4v) is 4.48. The zero-order valence-electron chi connectivity index (χ0n) is 14.6. The maximum atomic E-state index is 12.3. The molecule has 0 bridgehead atoms. The number of benzene rings is 1. The molecule has 0 atom stereocenters. The van der Waals surface area contributed by atoms with Gasteiger partial charge in [0.25, 0.3) is 0 Å². The first kappa shape index (κ1) is 19.8. The van der Waals surface area contributed by atoms with E-state index in [1.807, 2.05) is 6.07 Å². The van der Waals surface area contributed by atoms with Gasteiger partial charge >= 0.3 is 0 Å². The Morgan fingerprint density at radius 2 is 2.00 bits per heavy atom. The molecule has 0 radical (unpaired) electrons. The third-order valence-electron chi connectivity index (χ3n) is 3.99. The van der Waals surface area contributed by atoms with Gasteiger partial charge in [0.15, 0.2) is 9.84 Å². The summed E-state index contributed by atoms with van der Waals surface area (Å²) in [6.45, 7) is 2.87. The van der Waals surface area contributed by atoms with Crippen molar-refractivity contribution in [2.24, 2.45) is 0 Å². The number of hydrogen-bond donors (Lipinski definition) is 1. The summed E-state index contributed by atoms with van der Waals surface area (Å²) >= 11 is 3.31. The summed E-state index contributed by atoms with van der Waals surface area (Å²) in [5.41, 5.74) is 1.10. The number of morpholine rings is 1. The molecule has 144 valence electrons. The number of amides is 1. The molecule has 1 amide bonds. The summed E-state index contributed by atoms with van der Waals surface area (Å²) in [6.07, 6.45) is 1.53. The highest BCUT2D eigenvalue weighted by atomic mass is 79.9. The molecule has 1 aromatic carbocycles. The predicted molar refractivity (Wildman–Crippen MR) is 108 cm³/mol. The van der Waals surface area contributed by atoms with Gasteiger partial charge in [0.1, 0.15) is 11.6 Å². The van der Waals surface area contributed by atoms with Crippen LogP contribution < -0.4 is 10.2 Å². The van der Waals surface area contributed by atoms with Gasteiger partial charge in [-0.15, -0.1) is 0 Å². The molecule has 0 saturated carbocycles. The van der Waals surface area contributed by atoms with Crippen LogP contribution in [0.2, 0.25) is 0 Å². The lowest BCUT2D eigenvalue weighted by Crippen LogP contribution is -2.36. The molecular formula is C18H20BrN3O4S. The first-order chi connectivity index (χ1) is 12.9. The van der Waals surface area contributed by atoms with Gasteiger partial charge in [0, 0.05) is 17.6 Å². The smallest absolute Gasteiger partial charge is 0.239 e. The van der Waals surface area contributed by atoms with Gasteiger partial charge < -0.3 is 15.0 Å². The standard InChI is InChI=1S/C18H20BrN3O4S/c19-15-3-1-2-14(10-15)12-27(24,25)13-18(23)21-16-4-5-17(20-11-16)22-6-8-26-9-7-22/h1-5,10-11H,6-9,12-13H2,(H,21,23). The molecule has 7 nitrogen and oxygen atoms in total. The number of hydrogen-bond acceptors (Lipinski definition) is 6. The van der Waals surface area contributed by atoms with E-state index >= 15 is 0 Å². The van der Waals surface area contributed by atoms with Crippen molar-refractivity contribution < 1.29 is 17.9 Å². The Morgan fingerprint density at radius 3 is 2.67 bits per heavy atom. The molecule has 1 aromatic heterocycles. The molecule has 0 unspecified atom stereocenters. The first-order valence-corrected chi connectivity index (χ1v) is 11.1. The van der Waals surface area contributed by atoms with E-state index in [0.717, 1.165) is 23.4 Å². The number of carbonyl (C=O) groups is 1. The second-order valence-electron chi connectivity index (χ2n) is 6.21. The maximum Gasteiger partial charge on any atom is 0.239 e.